The summed E-state index contributed by atoms with van der Waals surface area (Å²) < 4.78 is 0. The van der Waals surface area contributed by atoms with E-state index in [0.29, 0.717) is 0 Å². The van der Waals surface area contributed by atoms with Gasteiger partial charge in [0.25, 0.3) is 0 Å². The van der Waals surface area contributed by atoms with E-state index in [4.69, 9.17) is 5.73 Å². The van der Waals surface area contributed by atoms with Crippen LogP contribution in [0.5, 0.6) is 0 Å². The van der Waals surface area contributed by atoms with E-state index in [2.05, 4.69) is 39.1 Å². The van der Waals surface area contributed by atoms with Crippen LogP contribution in [0.25, 0.3) is 0 Å². The zero-order valence-corrected chi connectivity index (χ0v) is 11.0. The van der Waals surface area contributed by atoms with Crippen LogP contribution in [0.15, 0.2) is 6.07 Å². The zero-order chi connectivity index (χ0) is 11.5. The fourth-order valence-electron chi connectivity index (χ4n) is 1.33. The molecule has 0 aliphatic rings. The van der Waals surface area contributed by atoms with E-state index in [-0.39, 0.29) is 5.41 Å². The van der Waals surface area contributed by atoms with Crippen molar-refractivity contribution in [3.63, 3.8) is 0 Å². The number of hydrogen-bond acceptors (Lipinski definition) is 3. The molecule has 0 aliphatic carbocycles. The second-order valence-electron chi connectivity index (χ2n) is 4.92. The Kier molecular flexibility index (Phi) is 4.32. The van der Waals surface area contributed by atoms with Crippen molar-refractivity contribution in [3.8, 4) is 0 Å². The molecular formula is C12H22N2S. The largest absolute Gasteiger partial charge is 0.330 e. The monoisotopic (exact) mass is 226 g/mol. The van der Waals surface area contributed by atoms with Crippen molar-refractivity contribution in [1.82, 2.24) is 5.32 Å². The van der Waals surface area contributed by atoms with Gasteiger partial charge in [0.1, 0.15) is 0 Å². The first-order chi connectivity index (χ1) is 6.94. The molecule has 3 heteroatoms. The summed E-state index contributed by atoms with van der Waals surface area (Å²) in [6.45, 7) is 11.4. The van der Waals surface area contributed by atoms with Gasteiger partial charge in [0.05, 0.1) is 0 Å². The van der Waals surface area contributed by atoms with E-state index in [1.165, 1.54) is 15.3 Å². The van der Waals surface area contributed by atoms with Gasteiger partial charge in [0.15, 0.2) is 0 Å². The molecule has 1 heterocycles. The summed E-state index contributed by atoms with van der Waals surface area (Å²) in [4.78, 5) is 2.84. The van der Waals surface area contributed by atoms with Crippen LogP contribution in [-0.2, 0) is 6.54 Å². The maximum Gasteiger partial charge on any atom is 0.0300 e. The minimum absolute atomic E-state index is 0.196. The number of nitrogens with one attached hydrogen (secondary N) is 1. The molecule has 86 valence electrons. The lowest BCUT2D eigenvalue weighted by atomic mass is 9.94. The van der Waals surface area contributed by atoms with Crippen molar-refractivity contribution in [1.29, 1.82) is 0 Å². The van der Waals surface area contributed by atoms with Crippen LogP contribution in [-0.4, -0.2) is 13.1 Å². The molecule has 0 spiro atoms. The molecule has 1 aromatic heterocycles. The topological polar surface area (TPSA) is 38.0 Å². The number of nitrogens with two attached hydrogens (primary N) is 1. The van der Waals surface area contributed by atoms with Crippen LogP contribution >= 0.6 is 11.3 Å². The molecule has 0 aliphatic heterocycles. The molecule has 1 rings (SSSR count). The molecular weight excluding hydrogens is 204 g/mol. The summed E-state index contributed by atoms with van der Waals surface area (Å²) in [6.07, 6.45) is 0. The van der Waals surface area contributed by atoms with E-state index < -0.39 is 0 Å². The summed E-state index contributed by atoms with van der Waals surface area (Å²) in [5, 5.41) is 3.46. The molecule has 0 fully saturated rings. The smallest absolute Gasteiger partial charge is 0.0300 e. The van der Waals surface area contributed by atoms with E-state index in [1.54, 1.807) is 0 Å². The first kappa shape index (κ1) is 12.7. The third kappa shape index (κ3) is 3.93. The Bertz CT molecular complexity index is 296. The summed E-state index contributed by atoms with van der Waals surface area (Å²) >= 11 is 1.88. The molecule has 2 nitrogen and oxygen atoms in total. The molecule has 15 heavy (non-hydrogen) atoms. The second kappa shape index (κ2) is 5.10. The minimum Gasteiger partial charge on any atom is -0.330 e. The van der Waals surface area contributed by atoms with Gasteiger partial charge in [-0.1, -0.05) is 13.8 Å². The molecule has 0 radical (unpaired) electrons. The summed E-state index contributed by atoms with van der Waals surface area (Å²) in [6, 6.07) is 2.27. The number of rotatable bonds is 5. The standard InChI is InChI=1S/C12H22N2S/c1-9-5-11(15-10(9)2)6-14-8-12(3,4)7-13/h5,14H,6-8,13H2,1-4H3. The van der Waals surface area contributed by atoms with Crippen LogP contribution in [0.4, 0.5) is 0 Å². The van der Waals surface area contributed by atoms with Crippen molar-refractivity contribution in [2.75, 3.05) is 13.1 Å². The molecule has 0 saturated carbocycles. The Morgan fingerprint density at radius 1 is 1.40 bits per heavy atom. The van der Waals surface area contributed by atoms with Crippen LogP contribution in [0.3, 0.4) is 0 Å². The third-order valence-corrected chi connectivity index (χ3v) is 3.82. The van der Waals surface area contributed by atoms with E-state index >= 15 is 0 Å². The predicted molar refractivity (Wildman–Crippen MR) is 68.3 cm³/mol. The number of hydrogen-bond donors (Lipinski definition) is 2. The predicted octanol–water partition coefficient (Wildman–Crippen LogP) is 2.44. The van der Waals surface area contributed by atoms with E-state index in [9.17, 15) is 0 Å². The molecule has 3 N–H and O–H groups in total. The molecule has 0 aromatic carbocycles. The second-order valence-corrected chi connectivity index (χ2v) is 6.26. The third-order valence-electron chi connectivity index (χ3n) is 2.67. The number of aryl methyl sites for hydroxylation is 2. The first-order valence-corrected chi connectivity index (χ1v) is 6.23. The van der Waals surface area contributed by atoms with E-state index in [1.807, 2.05) is 11.3 Å². The first-order valence-electron chi connectivity index (χ1n) is 5.41. The molecule has 0 amide bonds. The van der Waals surface area contributed by atoms with Gasteiger partial charge in [-0.3, -0.25) is 0 Å². The molecule has 0 saturated heterocycles. The zero-order valence-electron chi connectivity index (χ0n) is 10.2. The highest BCUT2D eigenvalue weighted by Gasteiger charge is 2.14. The molecule has 0 atom stereocenters. The SMILES string of the molecule is Cc1cc(CNCC(C)(C)CN)sc1C. The van der Waals surface area contributed by atoms with Crippen LogP contribution < -0.4 is 11.1 Å². The highest BCUT2D eigenvalue weighted by molar-refractivity contribution is 7.12. The quantitative estimate of drug-likeness (QED) is 0.809. The Hall–Kier alpha value is -0.380. The van der Waals surface area contributed by atoms with Crippen molar-refractivity contribution in [2.45, 2.75) is 34.2 Å². The van der Waals surface area contributed by atoms with Crippen molar-refractivity contribution < 1.29 is 0 Å². The van der Waals surface area contributed by atoms with Gasteiger partial charge in [0, 0.05) is 22.8 Å². The van der Waals surface area contributed by atoms with E-state index in [0.717, 1.165) is 19.6 Å². The lowest BCUT2D eigenvalue weighted by Gasteiger charge is -2.22. The van der Waals surface area contributed by atoms with Gasteiger partial charge < -0.3 is 11.1 Å². The van der Waals surface area contributed by atoms with Crippen LogP contribution in [0, 0.1) is 19.3 Å². The number of thiophene rings is 1. The maximum atomic E-state index is 5.68. The average Bonchev–Trinajstić information content (AvgIpc) is 2.46. The van der Waals surface area contributed by atoms with Gasteiger partial charge in [-0.05, 0) is 37.4 Å². The summed E-state index contributed by atoms with van der Waals surface area (Å²) in [7, 11) is 0. The lowest BCUT2D eigenvalue weighted by Crippen LogP contribution is -2.35. The van der Waals surface area contributed by atoms with Gasteiger partial charge in [-0.25, -0.2) is 0 Å². The Balaban J connectivity index is 2.38. The van der Waals surface area contributed by atoms with Gasteiger partial charge in [-0.15, -0.1) is 11.3 Å². The normalized spacial score (nSPS) is 12.1. The van der Waals surface area contributed by atoms with Gasteiger partial charge >= 0.3 is 0 Å². The Morgan fingerprint density at radius 3 is 2.53 bits per heavy atom. The molecule has 0 unspecified atom stereocenters. The lowest BCUT2D eigenvalue weighted by molar-refractivity contribution is 0.352. The molecule has 0 bridgehead atoms. The Morgan fingerprint density at radius 2 is 2.07 bits per heavy atom. The van der Waals surface area contributed by atoms with Gasteiger partial charge in [0.2, 0.25) is 0 Å². The minimum atomic E-state index is 0.196. The van der Waals surface area contributed by atoms with Crippen molar-refractivity contribution >= 4 is 11.3 Å². The van der Waals surface area contributed by atoms with Crippen molar-refractivity contribution in [2.24, 2.45) is 11.1 Å². The fourth-order valence-corrected chi connectivity index (χ4v) is 2.36. The van der Waals surface area contributed by atoms with Crippen molar-refractivity contribution in [3.05, 3.63) is 21.4 Å². The molecule has 1 aromatic rings. The summed E-state index contributed by atoms with van der Waals surface area (Å²) in [5.74, 6) is 0. The maximum absolute atomic E-state index is 5.68. The summed E-state index contributed by atoms with van der Waals surface area (Å²) in [5.41, 5.74) is 7.27. The average molecular weight is 226 g/mol. The highest BCUT2D eigenvalue weighted by atomic mass is 32.1. The van der Waals surface area contributed by atoms with Crippen LogP contribution in [0.2, 0.25) is 0 Å². The van der Waals surface area contributed by atoms with Gasteiger partial charge in [-0.2, -0.15) is 0 Å². The van der Waals surface area contributed by atoms with Crippen LogP contribution in [0.1, 0.15) is 29.2 Å². The fraction of sp³-hybridized carbons (Fsp3) is 0.667. The highest BCUT2D eigenvalue weighted by Crippen LogP contribution is 2.20. The Labute approximate surface area is 96.9 Å².